The van der Waals surface area contributed by atoms with Gasteiger partial charge < -0.3 is 4.57 Å². The van der Waals surface area contributed by atoms with Crippen molar-refractivity contribution in [1.82, 2.24) is 15.4 Å². The fourth-order valence-corrected chi connectivity index (χ4v) is 2.51. The van der Waals surface area contributed by atoms with E-state index in [4.69, 9.17) is 0 Å². The van der Waals surface area contributed by atoms with Gasteiger partial charge in [0.05, 0.1) is 10.5 Å². The minimum atomic E-state index is -0.566. The molecule has 0 aliphatic rings. The zero-order chi connectivity index (χ0) is 18.0. The first-order chi connectivity index (χ1) is 12.0. The highest BCUT2D eigenvalue weighted by Crippen LogP contribution is 2.19. The van der Waals surface area contributed by atoms with Gasteiger partial charge in [-0.05, 0) is 18.2 Å². The van der Waals surface area contributed by atoms with E-state index in [0.29, 0.717) is 5.56 Å². The molecule has 2 amide bonds. The molecule has 3 rings (SSSR count). The van der Waals surface area contributed by atoms with Gasteiger partial charge in [0, 0.05) is 41.8 Å². The Morgan fingerprint density at radius 1 is 1.00 bits per heavy atom. The monoisotopic (exact) mass is 338 g/mol. The Morgan fingerprint density at radius 3 is 2.32 bits per heavy atom. The zero-order valence-corrected chi connectivity index (χ0v) is 13.2. The molecule has 8 heteroatoms. The van der Waals surface area contributed by atoms with Crippen LogP contribution in [-0.4, -0.2) is 21.3 Å². The first kappa shape index (κ1) is 16.2. The van der Waals surface area contributed by atoms with Gasteiger partial charge in [-0.15, -0.1) is 0 Å². The van der Waals surface area contributed by atoms with Crippen molar-refractivity contribution >= 4 is 28.4 Å². The van der Waals surface area contributed by atoms with Crippen molar-refractivity contribution < 1.29 is 14.5 Å². The number of para-hydroxylation sites is 1. The third-order valence-electron chi connectivity index (χ3n) is 3.77. The number of nitrogens with one attached hydrogen (secondary N) is 2. The van der Waals surface area contributed by atoms with Crippen molar-refractivity contribution in [2.45, 2.75) is 0 Å². The number of fused-ring (bicyclic) bond motifs is 1. The number of nitro groups is 1. The van der Waals surface area contributed by atoms with Crippen molar-refractivity contribution in [2.24, 2.45) is 7.05 Å². The Kier molecular flexibility index (Phi) is 4.17. The molecule has 0 bridgehead atoms. The van der Waals surface area contributed by atoms with Gasteiger partial charge in [-0.2, -0.15) is 0 Å². The molecule has 0 unspecified atom stereocenters. The highest BCUT2D eigenvalue weighted by Gasteiger charge is 2.15. The fraction of sp³-hybridized carbons (Fsp3) is 0.0588. The molecule has 0 aliphatic carbocycles. The maximum atomic E-state index is 12.3. The molecule has 2 N–H and O–H groups in total. The van der Waals surface area contributed by atoms with Crippen LogP contribution in [0.15, 0.2) is 54.7 Å². The summed E-state index contributed by atoms with van der Waals surface area (Å²) in [6.07, 6.45) is 1.68. The Labute approximate surface area is 142 Å². The molecule has 3 aromatic rings. The molecule has 0 spiro atoms. The van der Waals surface area contributed by atoms with Crippen molar-refractivity contribution in [1.29, 1.82) is 0 Å². The topological polar surface area (TPSA) is 106 Å². The molecule has 126 valence electrons. The van der Waals surface area contributed by atoms with Crippen LogP contribution in [0.3, 0.4) is 0 Å². The van der Waals surface area contributed by atoms with Crippen LogP contribution >= 0.6 is 0 Å². The van der Waals surface area contributed by atoms with Crippen molar-refractivity contribution in [3.8, 4) is 0 Å². The summed E-state index contributed by atoms with van der Waals surface area (Å²) in [5, 5.41) is 11.4. The molecular weight excluding hydrogens is 324 g/mol. The summed E-state index contributed by atoms with van der Waals surface area (Å²) in [5.41, 5.74) is 6.07. The number of carbonyl (C=O) groups is 2. The van der Waals surface area contributed by atoms with E-state index in [9.17, 15) is 19.7 Å². The quantitative estimate of drug-likeness (QED) is 0.564. The lowest BCUT2D eigenvalue weighted by Gasteiger charge is -2.06. The van der Waals surface area contributed by atoms with Crippen LogP contribution in [-0.2, 0) is 7.05 Å². The Bertz CT molecular complexity index is 976. The van der Waals surface area contributed by atoms with E-state index in [1.807, 2.05) is 35.9 Å². The predicted molar refractivity (Wildman–Crippen MR) is 90.9 cm³/mol. The maximum absolute atomic E-state index is 12.3. The van der Waals surface area contributed by atoms with Crippen LogP contribution in [0, 0.1) is 10.1 Å². The minimum Gasteiger partial charge on any atom is -0.350 e. The Balaban J connectivity index is 1.71. The van der Waals surface area contributed by atoms with Gasteiger partial charge >= 0.3 is 0 Å². The number of nitro benzene ring substituents is 1. The third-order valence-corrected chi connectivity index (χ3v) is 3.77. The van der Waals surface area contributed by atoms with E-state index in [0.717, 1.165) is 10.9 Å². The number of non-ortho nitro benzene ring substituents is 1. The number of hydrogen-bond donors (Lipinski definition) is 2. The van der Waals surface area contributed by atoms with Crippen LogP contribution in [0.2, 0.25) is 0 Å². The smallest absolute Gasteiger partial charge is 0.271 e. The largest absolute Gasteiger partial charge is 0.350 e. The number of nitrogens with zero attached hydrogens (tertiary/aromatic N) is 2. The van der Waals surface area contributed by atoms with Crippen LogP contribution in [0.1, 0.15) is 20.7 Å². The predicted octanol–water partition coefficient (Wildman–Crippen LogP) is 2.16. The summed E-state index contributed by atoms with van der Waals surface area (Å²) in [6, 6.07) is 12.5. The van der Waals surface area contributed by atoms with E-state index < -0.39 is 16.7 Å². The average molecular weight is 338 g/mol. The third kappa shape index (κ3) is 3.18. The lowest BCUT2D eigenvalue weighted by atomic mass is 10.2. The number of hydrazine groups is 1. The van der Waals surface area contributed by atoms with E-state index in [1.54, 1.807) is 6.20 Å². The van der Waals surface area contributed by atoms with Gasteiger partial charge in [-0.25, -0.2) is 0 Å². The summed E-state index contributed by atoms with van der Waals surface area (Å²) < 4.78 is 1.82. The van der Waals surface area contributed by atoms with E-state index >= 15 is 0 Å². The summed E-state index contributed by atoms with van der Waals surface area (Å²) in [5.74, 6) is -1.02. The molecule has 1 heterocycles. The lowest BCUT2D eigenvalue weighted by Crippen LogP contribution is -2.41. The molecule has 8 nitrogen and oxygen atoms in total. The Morgan fingerprint density at radius 2 is 1.64 bits per heavy atom. The van der Waals surface area contributed by atoms with Gasteiger partial charge in [0.15, 0.2) is 0 Å². The number of aryl methyl sites for hydroxylation is 1. The maximum Gasteiger partial charge on any atom is 0.271 e. The standard InChI is InChI=1S/C17H14N4O4/c1-20-10-14(13-4-2-3-5-15(13)20)17(23)19-18-16(22)11-6-8-12(9-7-11)21(24)25/h2-10H,1H3,(H,18,22)(H,19,23). The van der Waals surface area contributed by atoms with Gasteiger partial charge in [0.2, 0.25) is 0 Å². The van der Waals surface area contributed by atoms with E-state index in [-0.39, 0.29) is 11.3 Å². The van der Waals surface area contributed by atoms with E-state index in [1.165, 1.54) is 24.3 Å². The first-order valence-electron chi connectivity index (χ1n) is 7.36. The van der Waals surface area contributed by atoms with Crippen molar-refractivity contribution in [2.75, 3.05) is 0 Å². The molecule has 0 fully saturated rings. The second kappa shape index (κ2) is 6.44. The zero-order valence-electron chi connectivity index (χ0n) is 13.2. The highest BCUT2D eigenvalue weighted by molar-refractivity contribution is 6.08. The number of rotatable bonds is 3. The second-order valence-electron chi connectivity index (χ2n) is 5.38. The molecule has 0 atom stereocenters. The molecule has 2 aromatic carbocycles. The molecule has 25 heavy (non-hydrogen) atoms. The van der Waals surface area contributed by atoms with Crippen molar-refractivity contribution in [3.05, 3.63) is 76.0 Å². The normalized spacial score (nSPS) is 10.4. The van der Waals surface area contributed by atoms with Gasteiger partial charge in [-0.3, -0.25) is 30.6 Å². The number of hydrogen-bond acceptors (Lipinski definition) is 4. The van der Waals surface area contributed by atoms with Gasteiger partial charge in [0.25, 0.3) is 17.5 Å². The SMILES string of the molecule is Cn1cc(C(=O)NNC(=O)c2ccc([N+](=O)[O-])cc2)c2ccccc21. The number of aromatic nitrogens is 1. The highest BCUT2D eigenvalue weighted by atomic mass is 16.6. The van der Waals surface area contributed by atoms with Crippen LogP contribution in [0.4, 0.5) is 5.69 Å². The van der Waals surface area contributed by atoms with E-state index in [2.05, 4.69) is 10.9 Å². The fourth-order valence-electron chi connectivity index (χ4n) is 2.51. The minimum absolute atomic E-state index is 0.114. The molecule has 0 saturated carbocycles. The molecule has 0 aliphatic heterocycles. The van der Waals surface area contributed by atoms with Crippen LogP contribution in [0.5, 0.6) is 0 Å². The van der Waals surface area contributed by atoms with Crippen LogP contribution < -0.4 is 10.9 Å². The first-order valence-corrected chi connectivity index (χ1v) is 7.36. The molecule has 0 radical (unpaired) electrons. The second-order valence-corrected chi connectivity index (χ2v) is 5.38. The number of amides is 2. The number of benzene rings is 2. The molecule has 1 aromatic heterocycles. The summed E-state index contributed by atoms with van der Waals surface area (Å²) in [7, 11) is 1.83. The van der Waals surface area contributed by atoms with Gasteiger partial charge in [0.1, 0.15) is 0 Å². The molecular formula is C17H14N4O4. The van der Waals surface area contributed by atoms with Crippen molar-refractivity contribution in [3.63, 3.8) is 0 Å². The molecule has 0 saturated heterocycles. The van der Waals surface area contributed by atoms with Crippen LogP contribution in [0.25, 0.3) is 10.9 Å². The number of carbonyl (C=O) groups excluding carboxylic acids is 2. The average Bonchev–Trinajstić information content (AvgIpc) is 2.97. The summed E-state index contributed by atoms with van der Waals surface area (Å²) >= 11 is 0. The van der Waals surface area contributed by atoms with Gasteiger partial charge in [-0.1, -0.05) is 18.2 Å². The Hall–Kier alpha value is -3.68. The lowest BCUT2D eigenvalue weighted by molar-refractivity contribution is -0.384. The summed E-state index contributed by atoms with van der Waals surface area (Å²) in [6.45, 7) is 0. The summed E-state index contributed by atoms with van der Waals surface area (Å²) in [4.78, 5) is 34.4.